The SMILES string of the molecule is CC/C=C/C/C=C/C/C=C/C/C=C/C/C=C/CCCC(=O)OCC(COCCC(C(=O)[O-])[N+](C)(C)C)OC(=O)CCCCC/C=C/C=C/CCCC. The van der Waals surface area contributed by atoms with Crippen molar-refractivity contribution in [1.29, 1.82) is 0 Å². The summed E-state index contributed by atoms with van der Waals surface area (Å²) in [4.78, 5) is 36.6. The molecule has 0 rings (SSSR count). The Balaban J connectivity index is 4.55. The zero-order valence-electron chi connectivity index (χ0n) is 33.2. The number of ether oxygens (including phenoxy) is 3. The molecule has 0 fully saturated rings. The maximum Gasteiger partial charge on any atom is 0.306 e. The van der Waals surface area contributed by atoms with Crippen LogP contribution in [0.15, 0.2) is 85.1 Å². The Morgan fingerprint density at radius 2 is 1.15 bits per heavy atom. The summed E-state index contributed by atoms with van der Waals surface area (Å²) in [5.74, 6) is -1.86. The number of rotatable bonds is 33. The number of allylic oxidation sites excluding steroid dienone is 14. The summed E-state index contributed by atoms with van der Waals surface area (Å²) in [5, 5.41) is 11.6. The molecule has 0 amide bonds. The van der Waals surface area contributed by atoms with Crippen LogP contribution in [0.2, 0.25) is 0 Å². The number of hydrogen-bond donors (Lipinski definition) is 0. The molecule has 2 unspecified atom stereocenters. The molecule has 52 heavy (non-hydrogen) atoms. The van der Waals surface area contributed by atoms with Gasteiger partial charge in [0.15, 0.2) is 6.10 Å². The first-order valence-corrected chi connectivity index (χ1v) is 19.6. The Morgan fingerprint density at radius 1 is 0.615 bits per heavy atom. The van der Waals surface area contributed by atoms with E-state index in [1.54, 1.807) is 21.1 Å². The summed E-state index contributed by atoms with van der Waals surface area (Å²) in [5.41, 5.74) is 0. The minimum Gasteiger partial charge on any atom is -0.544 e. The fourth-order valence-corrected chi connectivity index (χ4v) is 4.96. The van der Waals surface area contributed by atoms with Crippen molar-refractivity contribution >= 4 is 17.9 Å². The van der Waals surface area contributed by atoms with Crippen LogP contribution in [0.5, 0.6) is 0 Å². The van der Waals surface area contributed by atoms with Crippen LogP contribution < -0.4 is 5.11 Å². The van der Waals surface area contributed by atoms with E-state index < -0.39 is 18.1 Å². The quantitative estimate of drug-likeness (QED) is 0.0219. The average molecular weight is 726 g/mol. The second kappa shape index (κ2) is 34.6. The van der Waals surface area contributed by atoms with Gasteiger partial charge in [-0.1, -0.05) is 118 Å². The van der Waals surface area contributed by atoms with E-state index in [2.05, 4.69) is 98.9 Å². The Morgan fingerprint density at radius 3 is 1.71 bits per heavy atom. The van der Waals surface area contributed by atoms with Gasteiger partial charge in [0, 0.05) is 19.3 Å². The van der Waals surface area contributed by atoms with Crippen LogP contribution in [0.4, 0.5) is 0 Å². The lowest BCUT2D eigenvalue weighted by atomic mass is 10.1. The molecule has 8 nitrogen and oxygen atoms in total. The minimum atomic E-state index is -1.14. The fraction of sp³-hybridized carbons (Fsp3) is 0.614. The number of carboxylic acids is 1. The summed E-state index contributed by atoms with van der Waals surface area (Å²) in [6, 6.07) is -0.742. The summed E-state index contributed by atoms with van der Waals surface area (Å²) < 4.78 is 17.0. The molecular weight excluding hydrogens is 654 g/mol. The smallest absolute Gasteiger partial charge is 0.306 e. The molecule has 0 aliphatic rings. The molecule has 0 N–H and O–H groups in total. The van der Waals surface area contributed by atoms with Crippen LogP contribution in [0.1, 0.15) is 123 Å². The van der Waals surface area contributed by atoms with E-state index in [9.17, 15) is 19.5 Å². The lowest BCUT2D eigenvalue weighted by molar-refractivity contribution is -0.889. The van der Waals surface area contributed by atoms with E-state index in [0.29, 0.717) is 12.8 Å². The lowest BCUT2D eigenvalue weighted by Gasteiger charge is -2.34. The molecule has 0 heterocycles. The van der Waals surface area contributed by atoms with E-state index in [-0.39, 0.29) is 55.5 Å². The number of carbonyl (C=O) groups excluding carboxylic acids is 3. The third kappa shape index (κ3) is 32.4. The Bertz CT molecular complexity index is 1120. The van der Waals surface area contributed by atoms with Crippen molar-refractivity contribution in [3.05, 3.63) is 85.1 Å². The Kier molecular flexibility index (Phi) is 32.3. The van der Waals surface area contributed by atoms with Gasteiger partial charge in [-0.15, -0.1) is 0 Å². The van der Waals surface area contributed by atoms with Gasteiger partial charge in [0.05, 0.1) is 40.3 Å². The van der Waals surface area contributed by atoms with E-state index >= 15 is 0 Å². The minimum absolute atomic E-state index is 0.00648. The molecule has 0 aromatic rings. The molecule has 0 aliphatic carbocycles. The zero-order valence-corrected chi connectivity index (χ0v) is 33.2. The average Bonchev–Trinajstić information content (AvgIpc) is 3.09. The number of carboxylic acid groups (broad SMARTS) is 1. The maximum atomic E-state index is 12.6. The topological polar surface area (TPSA) is 102 Å². The molecule has 0 aromatic heterocycles. The van der Waals surface area contributed by atoms with Gasteiger partial charge in [-0.05, 0) is 70.6 Å². The van der Waals surface area contributed by atoms with Crippen LogP contribution in [-0.2, 0) is 28.6 Å². The van der Waals surface area contributed by atoms with Crippen LogP contribution in [-0.4, -0.2) is 75.5 Å². The van der Waals surface area contributed by atoms with Crippen LogP contribution >= 0.6 is 0 Å². The highest BCUT2D eigenvalue weighted by Gasteiger charge is 2.25. The van der Waals surface area contributed by atoms with Gasteiger partial charge in [0.2, 0.25) is 0 Å². The van der Waals surface area contributed by atoms with E-state index in [1.807, 2.05) is 0 Å². The fourth-order valence-electron chi connectivity index (χ4n) is 4.96. The van der Waals surface area contributed by atoms with Gasteiger partial charge in [-0.25, -0.2) is 0 Å². The molecule has 0 aliphatic heterocycles. The summed E-state index contributed by atoms with van der Waals surface area (Å²) in [7, 11) is 5.36. The second-order valence-electron chi connectivity index (χ2n) is 13.8. The molecule has 8 heteroatoms. The van der Waals surface area contributed by atoms with Gasteiger partial charge in [0.25, 0.3) is 0 Å². The highest BCUT2D eigenvalue weighted by molar-refractivity contribution is 5.70. The summed E-state index contributed by atoms with van der Waals surface area (Å²) in [6.07, 6.45) is 43.3. The molecule has 294 valence electrons. The molecule has 0 bridgehead atoms. The van der Waals surface area contributed by atoms with Gasteiger partial charge in [-0.3, -0.25) is 9.59 Å². The highest BCUT2D eigenvalue weighted by atomic mass is 16.6. The number of esters is 2. The molecule has 2 atom stereocenters. The van der Waals surface area contributed by atoms with Crippen molar-refractivity contribution in [3.63, 3.8) is 0 Å². The first-order chi connectivity index (χ1) is 25.1. The number of unbranched alkanes of at least 4 members (excludes halogenated alkanes) is 6. The highest BCUT2D eigenvalue weighted by Crippen LogP contribution is 2.10. The zero-order chi connectivity index (χ0) is 38.5. The molecule has 0 radical (unpaired) electrons. The van der Waals surface area contributed by atoms with Gasteiger partial charge in [-0.2, -0.15) is 0 Å². The second-order valence-corrected chi connectivity index (χ2v) is 13.8. The monoisotopic (exact) mass is 726 g/mol. The first-order valence-electron chi connectivity index (χ1n) is 19.6. The lowest BCUT2D eigenvalue weighted by Crippen LogP contribution is -2.55. The normalized spacial score (nSPS) is 13.9. The van der Waals surface area contributed by atoms with E-state index in [1.165, 1.54) is 12.8 Å². The standard InChI is InChI=1S/C44H71NO7/c1-6-8-10-12-14-16-18-19-20-21-22-23-25-26-28-30-32-34-42(46)51-39-40(38-50-37-36-41(44(48)49)45(3,4)5)52-43(47)35-33-31-29-27-24-17-15-13-11-9-7-2/h8,10,13-17,19-20,22-24,26,28,40-41H,6-7,9,11-12,18,21,25,27,29-39H2,1-5H3/b10-8+,15-13+,16-14+,20-19+,23-22+,24-17+,28-26+. The molecule has 0 spiro atoms. The number of nitrogens with zero attached hydrogens (tertiary/aromatic N) is 1. The van der Waals surface area contributed by atoms with Gasteiger partial charge < -0.3 is 28.6 Å². The van der Waals surface area contributed by atoms with Crippen LogP contribution in [0.25, 0.3) is 0 Å². The predicted molar refractivity (Wildman–Crippen MR) is 212 cm³/mol. The maximum absolute atomic E-state index is 12.6. The number of aliphatic carboxylic acids is 1. The van der Waals surface area contributed by atoms with Crippen LogP contribution in [0.3, 0.4) is 0 Å². The van der Waals surface area contributed by atoms with Gasteiger partial charge in [0.1, 0.15) is 12.6 Å². The number of carbonyl (C=O) groups is 3. The van der Waals surface area contributed by atoms with Crippen molar-refractivity contribution < 1.29 is 38.2 Å². The molecule has 0 aromatic carbocycles. The largest absolute Gasteiger partial charge is 0.544 e. The Hall–Kier alpha value is -3.49. The van der Waals surface area contributed by atoms with Crippen molar-refractivity contribution in [2.24, 2.45) is 0 Å². The predicted octanol–water partition coefficient (Wildman–Crippen LogP) is 8.85. The van der Waals surface area contributed by atoms with Crippen LogP contribution in [0, 0.1) is 0 Å². The molecule has 0 saturated carbocycles. The van der Waals surface area contributed by atoms with Crippen molar-refractivity contribution in [1.82, 2.24) is 0 Å². The summed E-state index contributed by atoms with van der Waals surface area (Å²) >= 11 is 0. The van der Waals surface area contributed by atoms with Gasteiger partial charge >= 0.3 is 11.9 Å². The third-order valence-corrected chi connectivity index (χ3v) is 8.04. The molecule has 0 saturated heterocycles. The van der Waals surface area contributed by atoms with Crippen molar-refractivity contribution in [2.75, 3.05) is 41.0 Å². The first kappa shape index (κ1) is 48.5. The number of hydrogen-bond acceptors (Lipinski definition) is 7. The number of likely N-dealkylation sites (N-methyl/N-ethyl adjacent to an activating group) is 1. The summed E-state index contributed by atoms with van der Waals surface area (Å²) in [6.45, 7) is 4.36. The van der Waals surface area contributed by atoms with E-state index in [4.69, 9.17) is 14.2 Å². The van der Waals surface area contributed by atoms with Crippen molar-refractivity contribution in [3.8, 4) is 0 Å². The Labute approximate surface area is 316 Å². The molecular formula is C44H71NO7. The number of quaternary nitrogens is 1. The van der Waals surface area contributed by atoms with Crippen molar-refractivity contribution in [2.45, 2.75) is 135 Å². The van der Waals surface area contributed by atoms with E-state index in [0.717, 1.165) is 64.2 Å². The third-order valence-electron chi connectivity index (χ3n) is 8.04.